The molecule has 2 aliphatic heterocycles. The standard InChI is InChI=1S/C34H45ClO9S/c1-22(36)41-20-23-16-24(35)18-25(17-23)42-21-28-27(9-7-8-26-12-13-31(45-26)34(37)38-2)29(43-32-10-3-5-14-39-32)19-30(28)44-33-11-4-6-15-40-33/h12-13,16-18,27-30,32-33H,3-11,14-15,19-21H2,1-2H3/t27-,28-,29+,30-,32?,33?/m1/s1. The molecule has 45 heavy (non-hydrogen) atoms. The Morgan fingerprint density at radius 1 is 0.956 bits per heavy atom. The van der Waals surface area contributed by atoms with E-state index in [0.717, 1.165) is 81.3 Å². The Morgan fingerprint density at radius 2 is 1.67 bits per heavy atom. The Labute approximate surface area is 274 Å². The number of carbonyl (C=O) groups is 2. The molecule has 0 bridgehead atoms. The maximum atomic E-state index is 12.0. The highest BCUT2D eigenvalue weighted by atomic mass is 35.5. The summed E-state index contributed by atoms with van der Waals surface area (Å²) in [5.41, 5.74) is 0.761. The summed E-state index contributed by atoms with van der Waals surface area (Å²) >= 11 is 7.89. The van der Waals surface area contributed by atoms with Gasteiger partial charge in [-0.15, -0.1) is 11.3 Å². The monoisotopic (exact) mass is 664 g/mol. The van der Waals surface area contributed by atoms with Crippen LogP contribution in [0, 0.1) is 11.8 Å². The number of hydrogen-bond acceptors (Lipinski definition) is 10. The van der Waals surface area contributed by atoms with Gasteiger partial charge in [-0.1, -0.05) is 11.6 Å². The zero-order chi connectivity index (χ0) is 31.6. The second-order valence-electron chi connectivity index (χ2n) is 12.0. The normalized spacial score (nSPS) is 26.8. The zero-order valence-electron chi connectivity index (χ0n) is 26.2. The van der Waals surface area contributed by atoms with Gasteiger partial charge in [0.05, 0.1) is 25.9 Å². The number of thiophene rings is 1. The van der Waals surface area contributed by atoms with Gasteiger partial charge in [-0.3, -0.25) is 4.79 Å². The van der Waals surface area contributed by atoms with Crippen LogP contribution in [-0.4, -0.2) is 63.7 Å². The first-order chi connectivity index (χ1) is 21.9. The lowest BCUT2D eigenvalue weighted by molar-refractivity contribution is -0.204. The summed E-state index contributed by atoms with van der Waals surface area (Å²) in [7, 11) is 1.40. The summed E-state index contributed by atoms with van der Waals surface area (Å²) < 4.78 is 41.8. The Morgan fingerprint density at radius 3 is 2.31 bits per heavy atom. The zero-order valence-corrected chi connectivity index (χ0v) is 27.8. The van der Waals surface area contributed by atoms with Gasteiger partial charge >= 0.3 is 11.9 Å². The Kier molecular flexibility index (Phi) is 13.0. The second kappa shape index (κ2) is 17.1. The third-order valence-corrected chi connectivity index (χ3v) is 10.1. The van der Waals surface area contributed by atoms with Gasteiger partial charge in [0.2, 0.25) is 0 Å². The van der Waals surface area contributed by atoms with Crippen LogP contribution < -0.4 is 4.74 Å². The number of benzene rings is 1. The van der Waals surface area contributed by atoms with Gasteiger partial charge in [-0.2, -0.15) is 0 Å². The molecule has 3 heterocycles. The van der Waals surface area contributed by atoms with E-state index in [1.165, 1.54) is 25.4 Å². The van der Waals surface area contributed by atoms with Crippen LogP contribution >= 0.6 is 22.9 Å². The van der Waals surface area contributed by atoms with E-state index in [4.69, 9.17) is 44.8 Å². The van der Waals surface area contributed by atoms with Crippen molar-refractivity contribution in [3.63, 3.8) is 0 Å². The highest BCUT2D eigenvalue weighted by Crippen LogP contribution is 2.42. The van der Waals surface area contributed by atoms with E-state index >= 15 is 0 Å². The lowest BCUT2D eigenvalue weighted by Crippen LogP contribution is -2.35. The molecule has 11 heteroatoms. The van der Waals surface area contributed by atoms with Crippen molar-refractivity contribution in [2.24, 2.45) is 11.8 Å². The number of aryl methyl sites for hydroxylation is 1. The van der Waals surface area contributed by atoms with E-state index in [9.17, 15) is 9.59 Å². The number of rotatable bonds is 14. The average molecular weight is 665 g/mol. The fourth-order valence-corrected chi connectivity index (χ4v) is 7.72. The predicted octanol–water partition coefficient (Wildman–Crippen LogP) is 7.11. The van der Waals surface area contributed by atoms with Crippen molar-refractivity contribution in [2.75, 3.05) is 26.9 Å². The molecule has 0 spiro atoms. The number of esters is 2. The molecule has 9 nitrogen and oxygen atoms in total. The third-order valence-electron chi connectivity index (χ3n) is 8.72. The van der Waals surface area contributed by atoms with Crippen molar-refractivity contribution >= 4 is 34.9 Å². The van der Waals surface area contributed by atoms with Crippen LogP contribution in [-0.2, 0) is 46.2 Å². The number of hydrogen-bond donors (Lipinski definition) is 0. The molecule has 3 fully saturated rings. The highest BCUT2D eigenvalue weighted by molar-refractivity contribution is 7.13. The number of carbonyl (C=O) groups excluding carboxylic acids is 2. The molecule has 1 saturated carbocycles. The summed E-state index contributed by atoms with van der Waals surface area (Å²) in [5.74, 6) is 0.151. The van der Waals surface area contributed by atoms with Crippen LogP contribution in [0.15, 0.2) is 30.3 Å². The molecule has 2 aromatic rings. The van der Waals surface area contributed by atoms with Crippen LogP contribution in [0.4, 0.5) is 0 Å². The van der Waals surface area contributed by atoms with E-state index < -0.39 is 0 Å². The lowest BCUT2D eigenvalue weighted by Gasteiger charge is -2.31. The Balaban J connectivity index is 1.32. The number of ether oxygens (including phenoxy) is 7. The average Bonchev–Trinajstić information content (AvgIpc) is 3.64. The predicted molar refractivity (Wildman–Crippen MR) is 170 cm³/mol. The van der Waals surface area contributed by atoms with Crippen molar-refractivity contribution in [2.45, 2.75) is 103 Å². The van der Waals surface area contributed by atoms with Gasteiger partial charge in [-0.25, -0.2) is 4.79 Å². The molecule has 0 amide bonds. The van der Waals surface area contributed by atoms with Crippen molar-refractivity contribution < 1.29 is 42.7 Å². The summed E-state index contributed by atoms with van der Waals surface area (Å²) in [6.45, 7) is 3.34. The van der Waals surface area contributed by atoms with Gasteiger partial charge in [0.1, 0.15) is 17.2 Å². The SMILES string of the molecule is COC(=O)c1ccc(CCC[C@@H]2[C@@H](COc3cc(Cl)cc(COC(C)=O)c3)[C@H](OC3CCCCO3)C[C@@H]2OC2CCCCO2)s1. The minimum atomic E-state index is -0.354. The molecule has 1 aliphatic carbocycles. The van der Waals surface area contributed by atoms with Crippen LogP contribution in [0.5, 0.6) is 5.75 Å². The molecule has 1 aromatic carbocycles. The fourth-order valence-electron chi connectivity index (χ4n) is 6.50. The van der Waals surface area contributed by atoms with Gasteiger partial charge < -0.3 is 33.2 Å². The molecule has 3 aliphatic rings. The van der Waals surface area contributed by atoms with E-state index in [0.29, 0.717) is 28.9 Å². The molecule has 5 rings (SSSR count). The first-order valence-electron chi connectivity index (χ1n) is 16.1. The first kappa shape index (κ1) is 34.1. The first-order valence-corrected chi connectivity index (χ1v) is 17.3. The molecule has 248 valence electrons. The lowest BCUT2D eigenvalue weighted by atomic mass is 9.89. The molecule has 0 radical (unpaired) electrons. The topological polar surface area (TPSA) is 98.8 Å². The quantitative estimate of drug-likeness (QED) is 0.196. The summed E-state index contributed by atoms with van der Waals surface area (Å²) in [6, 6.07) is 9.25. The number of methoxy groups -OCH3 is 1. The van der Waals surface area contributed by atoms with E-state index in [-0.39, 0.29) is 55.2 Å². The van der Waals surface area contributed by atoms with E-state index in [1.807, 2.05) is 18.2 Å². The van der Waals surface area contributed by atoms with Crippen molar-refractivity contribution in [1.82, 2.24) is 0 Å². The maximum absolute atomic E-state index is 12.0. The Bertz CT molecular complexity index is 1240. The summed E-state index contributed by atoms with van der Waals surface area (Å²) in [5, 5.41) is 0.513. The molecule has 2 saturated heterocycles. The molecule has 2 unspecified atom stereocenters. The molecule has 6 atom stereocenters. The molecular weight excluding hydrogens is 620 g/mol. The fraction of sp³-hybridized carbons (Fsp3) is 0.647. The smallest absolute Gasteiger partial charge is 0.348 e. The highest BCUT2D eigenvalue weighted by Gasteiger charge is 2.46. The second-order valence-corrected chi connectivity index (χ2v) is 13.6. The van der Waals surface area contributed by atoms with Crippen molar-refractivity contribution in [3.8, 4) is 5.75 Å². The van der Waals surface area contributed by atoms with E-state index in [2.05, 4.69) is 0 Å². The van der Waals surface area contributed by atoms with Crippen molar-refractivity contribution in [3.05, 3.63) is 50.7 Å². The largest absolute Gasteiger partial charge is 0.493 e. The molecule has 0 N–H and O–H groups in total. The van der Waals surface area contributed by atoms with Crippen LogP contribution in [0.1, 0.15) is 84.8 Å². The summed E-state index contributed by atoms with van der Waals surface area (Å²) in [6.07, 6.45) is 8.84. The minimum absolute atomic E-state index is 0.0361. The van der Waals surface area contributed by atoms with Gasteiger partial charge in [0.25, 0.3) is 0 Å². The van der Waals surface area contributed by atoms with Crippen LogP contribution in [0.25, 0.3) is 0 Å². The number of halogens is 1. The molecular formula is C34H45ClO9S. The van der Waals surface area contributed by atoms with E-state index in [1.54, 1.807) is 12.1 Å². The van der Waals surface area contributed by atoms with Gasteiger partial charge in [0, 0.05) is 42.4 Å². The van der Waals surface area contributed by atoms with Crippen LogP contribution in [0.2, 0.25) is 5.02 Å². The molecule has 1 aromatic heterocycles. The van der Waals surface area contributed by atoms with Gasteiger partial charge in [0.15, 0.2) is 12.6 Å². The minimum Gasteiger partial charge on any atom is -0.493 e. The van der Waals surface area contributed by atoms with Crippen LogP contribution in [0.3, 0.4) is 0 Å². The Hall–Kier alpha value is -2.21. The van der Waals surface area contributed by atoms with Gasteiger partial charge in [-0.05, 0) is 99.6 Å². The summed E-state index contributed by atoms with van der Waals surface area (Å²) in [4.78, 5) is 25.1. The third kappa shape index (κ3) is 10.1. The van der Waals surface area contributed by atoms with Crippen molar-refractivity contribution in [1.29, 1.82) is 0 Å². The maximum Gasteiger partial charge on any atom is 0.348 e.